The monoisotopic (exact) mass is 489 g/mol. The predicted octanol–water partition coefficient (Wildman–Crippen LogP) is 2.97. The molecule has 0 bridgehead atoms. The highest BCUT2D eigenvalue weighted by molar-refractivity contribution is 8.01. The molecule has 9 nitrogen and oxygen atoms in total. The van der Waals surface area contributed by atoms with E-state index in [2.05, 4.69) is 0 Å². The molecule has 1 atom stereocenters. The van der Waals surface area contributed by atoms with Crippen LogP contribution >= 0.6 is 23.1 Å². The molecule has 2 aromatic rings. The van der Waals surface area contributed by atoms with Gasteiger partial charge in [0.1, 0.15) is 0 Å². The Morgan fingerprint density at radius 2 is 1.82 bits per heavy atom. The van der Waals surface area contributed by atoms with Gasteiger partial charge in [-0.1, -0.05) is 11.1 Å². The van der Waals surface area contributed by atoms with Gasteiger partial charge in [-0.3, -0.25) is 9.59 Å². The smallest absolute Gasteiger partial charge is 0.350 e. The maximum atomic E-state index is 12.6. The van der Waals surface area contributed by atoms with Crippen LogP contribution in [0.5, 0.6) is 11.5 Å². The fourth-order valence-electron chi connectivity index (χ4n) is 3.57. The van der Waals surface area contributed by atoms with E-state index in [-0.39, 0.29) is 23.8 Å². The van der Waals surface area contributed by atoms with Crippen molar-refractivity contribution in [2.24, 2.45) is 0 Å². The molecule has 1 unspecified atom stereocenters. The number of benzene rings is 1. The Morgan fingerprint density at radius 3 is 2.48 bits per heavy atom. The number of thioether (sulfide) groups is 1. The van der Waals surface area contributed by atoms with Gasteiger partial charge in [-0.25, -0.2) is 9.59 Å². The molecular formula is C22H19NO8S2. The Bertz CT molecular complexity index is 1140. The van der Waals surface area contributed by atoms with E-state index >= 15 is 0 Å². The van der Waals surface area contributed by atoms with E-state index in [0.717, 1.165) is 16.4 Å². The van der Waals surface area contributed by atoms with Crippen molar-refractivity contribution in [1.82, 2.24) is 5.06 Å². The molecule has 0 saturated heterocycles. The number of carbonyl (C=O) groups is 4. The van der Waals surface area contributed by atoms with Crippen LogP contribution in [-0.2, 0) is 40.9 Å². The molecule has 4 rings (SSSR count). The molecule has 11 heteroatoms. The summed E-state index contributed by atoms with van der Waals surface area (Å²) in [6, 6.07) is 6.88. The van der Waals surface area contributed by atoms with E-state index in [0.29, 0.717) is 17.5 Å². The number of hydrogen-bond donors (Lipinski definition) is 0. The first kappa shape index (κ1) is 23.0. The summed E-state index contributed by atoms with van der Waals surface area (Å²) in [6.07, 6.45) is 2.40. The molecule has 0 spiro atoms. The molecule has 172 valence electrons. The minimum atomic E-state index is -1.51. The van der Waals surface area contributed by atoms with Crippen LogP contribution in [0, 0.1) is 0 Å². The first-order valence-electron chi connectivity index (χ1n) is 9.88. The third kappa shape index (κ3) is 4.95. The summed E-state index contributed by atoms with van der Waals surface area (Å²) in [7, 11) is 0. The largest absolute Gasteiger partial charge is 0.432 e. The molecule has 0 N–H and O–H groups in total. The highest BCUT2D eigenvalue weighted by Gasteiger charge is 2.50. The van der Waals surface area contributed by atoms with Crippen LogP contribution in [0.25, 0.3) is 0 Å². The lowest BCUT2D eigenvalue weighted by Crippen LogP contribution is -2.56. The molecule has 1 aromatic carbocycles. The zero-order chi connectivity index (χ0) is 23.6. The van der Waals surface area contributed by atoms with Gasteiger partial charge in [0, 0.05) is 38.1 Å². The number of thiophene rings is 1. The van der Waals surface area contributed by atoms with Crippen molar-refractivity contribution in [3.8, 4) is 11.5 Å². The van der Waals surface area contributed by atoms with Crippen LogP contribution in [0.1, 0.15) is 25.0 Å². The van der Waals surface area contributed by atoms with E-state index in [1.54, 1.807) is 6.07 Å². The Hall–Kier alpha value is -3.15. The molecule has 0 saturated carbocycles. The van der Waals surface area contributed by atoms with Crippen LogP contribution in [0.3, 0.4) is 0 Å². The van der Waals surface area contributed by atoms with Gasteiger partial charge in [-0.15, -0.1) is 23.1 Å². The summed E-state index contributed by atoms with van der Waals surface area (Å²) in [5.41, 5.74) is -0.358. The summed E-state index contributed by atoms with van der Waals surface area (Å²) in [5.74, 6) is -2.41. The fourth-order valence-corrected chi connectivity index (χ4v) is 5.51. The van der Waals surface area contributed by atoms with Crippen molar-refractivity contribution >= 4 is 47.0 Å². The number of hydroxylamine groups is 2. The SMILES string of the molecule is CC(=O)Oc1cc2c(cc1OC(C)=O)C1(CSc3cccs3)OC(=O)/C=C/C(=O)ON1CC2. The Labute approximate surface area is 197 Å². The van der Waals surface area contributed by atoms with Crippen molar-refractivity contribution in [1.29, 1.82) is 0 Å². The average Bonchev–Trinajstić information content (AvgIpc) is 3.25. The Morgan fingerprint density at radius 1 is 1.12 bits per heavy atom. The Kier molecular flexibility index (Phi) is 6.54. The minimum Gasteiger partial charge on any atom is -0.432 e. The number of nitrogens with zero attached hydrogens (tertiary/aromatic N) is 1. The lowest BCUT2D eigenvalue weighted by Gasteiger charge is -2.45. The fraction of sp³-hybridized carbons (Fsp3) is 0.273. The number of fused-ring (bicyclic) bond motifs is 3. The van der Waals surface area contributed by atoms with Crippen LogP contribution in [0.4, 0.5) is 0 Å². The van der Waals surface area contributed by atoms with Crippen molar-refractivity contribution < 1.29 is 38.2 Å². The van der Waals surface area contributed by atoms with Crippen LogP contribution in [-0.4, -0.2) is 41.2 Å². The first-order valence-corrected chi connectivity index (χ1v) is 11.7. The number of ether oxygens (including phenoxy) is 3. The first-order chi connectivity index (χ1) is 15.8. The van der Waals surface area contributed by atoms with Crippen molar-refractivity contribution in [3.63, 3.8) is 0 Å². The van der Waals surface area contributed by atoms with Gasteiger partial charge < -0.3 is 19.0 Å². The van der Waals surface area contributed by atoms with Gasteiger partial charge in [0.25, 0.3) is 0 Å². The van der Waals surface area contributed by atoms with Gasteiger partial charge in [0.05, 0.1) is 9.96 Å². The lowest BCUT2D eigenvalue weighted by molar-refractivity contribution is -0.284. The lowest BCUT2D eigenvalue weighted by atomic mass is 9.90. The van der Waals surface area contributed by atoms with Gasteiger partial charge in [0.2, 0.25) is 5.72 Å². The van der Waals surface area contributed by atoms with Crippen molar-refractivity contribution in [2.75, 3.05) is 12.3 Å². The normalized spacial score (nSPS) is 20.9. The second-order valence-electron chi connectivity index (χ2n) is 7.17. The second-order valence-corrected chi connectivity index (χ2v) is 9.39. The molecule has 3 heterocycles. The molecular weight excluding hydrogens is 470 g/mol. The molecule has 0 aliphatic carbocycles. The van der Waals surface area contributed by atoms with E-state index in [4.69, 9.17) is 19.0 Å². The van der Waals surface area contributed by atoms with Crippen LogP contribution in [0.15, 0.2) is 46.0 Å². The second kappa shape index (κ2) is 9.38. The number of hydrogen-bond acceptors (Lipinski definition) is 11. The van der Waals surface area contributed by atoms with E-state index in [9.17, 15) is 19.2 Å². The van der Waals surface area contributed by atoms with Crippen molar-refractivity contribution in [3.05, 3.63) is 52.9 Å². The van der Waals surface area contributed by atoms with E-state index in [1.165, 1.54) is 48.1 Å². The van der Waals surface area contributed by atoms with E-state index < -0.39 is 29.6 Å². The third-order valence-electron chi connectivity index (χ3n) is 4.82. The third-order valence-corrected chi connectivity index (χ3v) is 7.08. The molecule has 0 radical (unpaired) electrons. The minimum absolute atomic E-state index is 0.0150. The summed E-state index contributed by atoms with van der Waals surface area (Å²) < 4.78 is 17.4. The van der Waals surface area contributed by atoms with Gasteiger partial charge in [0.15, 0.2) is 11.5 Å². The highest BCUT2D eigenvalue weighted by atomic mass is 32.2. The highest BCUT2D eigenvalue weighted by Crippen LogP contribution is 2.46. The number of carbonyl (C=O) groups excluding carboxylic acids is 4. The summed E-state index contributed by atoms with van der Waals surface area (Å²) in [6.45, 7) is 2.67. The average molecular weight is 490 g/mol. The standard InChI is InChI=1S/C22H19NO8S2/c1-13(24)28-17-10-15-7-8-23-22(12-33-21-4-3-9-32-21,16(15)11-18(17)29-14(2)25)30-19(26)5-6-20(27)31-23/h3-6,9-11H,7-8,12H2,1-2H3/b6-5+. The zero-order valence-corrected chi connectivity index (χ0v) is 19.3. The van der Waals surface area contributed by atoms with Crippen molar-refractivity contribution in [2.45, 2.75) is 30.2 Å². The van der Waals surface area contributed by atoms with Crippen LogP contribution < -0.4 is 9.47 Å². The molecule has 0 fully saturated rings. The quantitative estimate of drug-likeness (QED) is 0.353. The Balaban J connectivity index is 1.87. The molecule has 33 heavy (non-hydrogen) atoms. The molecule has 2 aliphatic rings. The summed E-state index contributed by atoms with van der Waals surface area (Å²) in [5, 5.41) is 3.26. The van der Waals surface area contributed by atoms with Crippen LogP contribution in [0.2, 0.25) is 0 Å². The van der Waals surface area contributed by atoms with Gasteiger partial charge in [-0.2, -0.15) is 0 Å². The van der Waals surface area contributed by atoms with Gasteiger partial charge in [-0.05, 0) is 35.6 Å². The molecule has 0 amide bonds. The molecule has 1 aromatic heterocycles. The maximum Gasteiger partial charge on any atom is 0.350 e. The predicted molar refractivity (Wildman–Crippen MR) is 118 cm³/mol. The summed E-state index contributed by atoms with van der Waals surface area (Å²) in [4.78, 5) is 53.6. The van der Waals surface area contributed by atoms with E-state index in [1.807, 2.05) is 17.5 Å². The van der Waals surface area contributed by atoms with Gasteiger partial charge >= 0.3 is 23.9 Å². The number of rotatable bonds is 5. The zero-order valence-electron chi connectivity index (χ0n) is 17.7. The topological polar surface area (TPSA) is 108 Å². The molecule has 2 aliphatic heterocycles. The maximum absolute atomic E-state index is 12.6. The summed E-state index contributed by atoms with van der Waals surface area (Å²) >= 11 is 2.93. The number of esters is 3.